The Morgan fingerprint density at radius 3 is 2.18 bits per heavy atom. The van der Waals surface area contributed by atoms with E-state index in [0.717, 1.165) is 5.56 Å². The van der Waals surface area contributed by atoms with Gasteiger partial charge in [0.2, 0.25) is 5.82 Å². The van der Waals surface area contributed by atoms with E-state index in [-0.39, 0.29) is 23.3 Å². The van der Waals surface area contributed by atoms with E-state index < -0.39 is 0 Å². The van der Waals surface area contributed by atoms with Crippen molar-refractivity contribution in [1.29, 1.82) is 0 Å². The number of amides is 2. The average Bonchev–Trinajstić information content (AvgIpc) is 3.10. The van der Waals surface area contributed by atoms with Gasteiger partial charge in [-0.3, -0.25) is 14.0 Å². The molecule has 0 radical (unpaired) electrons. The first-order chi connectivity index (χ1) is 13.6. The molecule has 2 amide bonds. The van der Waals surface area contributed by atoms with Crippen LogP contribution in [0.1, 0.15) is 26.7 Å². The summed E-state index contributed by atoms with van der Waals surface area (Å²) in [6.45, 7) is 1.98. The minimum atomic E-state index is -0.387. The first-order valence-electron chi connectivity index (χ1n) is 8.83. The predicted octanol–water partition coefficient (Wildman–Crippen LogP) is 4.15. The number of nitrogens with one attached hydrogen (secondary N) is 2. The number of anilines is 2. The van der Waals surface area contributed by atoms with Crippen LogP contribution < -0.4 is 10.6 Å². The Labute approximate surface area is 161 Å². The van der Waals surface area contributed by atoms with E-state index >= 15 is 0 Å². The second kappa shape index (κ2) is 7.36. The summed E-state index contributed by atoms with van der Waals surface area (Å²) in [5, 5.41) is 5.64. The molecule has 2 aromatic carbocycles. The minimum Gasteiger partial charge on any atom is -0.321 e. The number of hydrogen-bond acceptors (Lipinski definition) is 3. The van der Waals surface area contributed by atoms with Crippen molar-refractivity contribution < 1.29 is 9.59 Å². The van der Waals surface area contributed by atoms with Gasteiger partial charge in [0.25, 0.3) is 11.8 Å². The maximum Gasteiger partial charge on any atom is 0.292 e. The standard InChI is InChI=1S/C22H18N4O2/c1-15-10-12-17(13-11-15)23-21(27)19-18-9-5-6-14-26(18)20(25-19)22(28)24-16-7-3-2-4-8-16/h2-14H,1H3,(H,23,27)(H,24,28). The highest BCUT2D eigenvalue weighted by molar-refractivity contribution is 6.10. The van der Waals surface area contributed by atoms with Crippen LogP contribution in [0.3, 0.4) is 0 Å². The number of aromatic nitrogens is 2. The zero-order chi connectivity index (χ0) is 19.5. The number of carbonyl (C=O) groups is 2. The Kier molecular flexibility index (Phi) is 4.60. The Morgan fingerprint density at radius 1 is 0.786 bits per heavy atom. The van der Waals surface area contributed by atoms with Gasteiger partial charge in [-0.2, -0.15) is 0 Å². The number of pyridine rings is 1. The lowest BCUT2D eigenvalue weighted by Crippen LogP contribution is -2.16. The quantitative estimate of drug-likeness (QED) is 0.567. The van der Waals surface area contributed by atoms with E-state index in [4.69, 9.17) is 0 Å². The molecule has 6 heteroatoms. The van der Waals surface area contributed by atoms with Gasteiger partial charge in [-0.05, 0) is 43.3 Å². The number of imidazole rings is 1. The van der Waals surface area contributed by atoms with Crippen LogP contribution in [-0.4, -0.2) is 21.2 Å². The Hall–Kier alpha value is -3.93. The lowest BCUT2D eigenvalue weighted by atomic mass is 10.2. The van der Waals surface area contributed by atoms with Crippen LogP contribution in [0.2, 0.25) is 0 Å². The van der Waals surface area contributed by atoms with Crippen molar-refractivity contribution in [2.45, 2.75) is 6.92 Å². The smallest absolute Gasteiger partial charge is 0.292 e. The van der Waals surface area contributed by atoms with Gasteiger partial charge in [-0.25, -0.2) is 4.98 Å². The molecule has 0 fully saturated rings. The zero-order valence-corrected chi connectivity index (χ0v) is 15.2. The number of carbonyl (C=O) groups excluding carboxylic acids is 2. The van der Waals surface area contributed by atoms with Gasteiger partial charge in [-0.15, -0.1) is 0 Å². The van der Waals surface area contributed by atoms with Crippen molar-refractivity contribution in [1.82, 2.24) is 9.38 Å². The number of aryl methyl sites for hydroxylation is 1. The first-order valence-corrected chi connectivity index (χ1v) is 8.83. The molecule has 2 heterocycles. The second-order valence-corrected chi connectivity index (χ2v) is 6.38. The van der Waals surface area contributed by atoms with Crippen LogP contribution in [0.15, 0.2) is 79.0 Å². The number of hydrogen-bond donors (Lipinski definition) is 2. The number of nitrogens with zero attached hydrogens (tertiary/aromatic N) is 2. The van der Waals surface area contributed by atoms with Crippen LogP contribution in [0.4, 0.5) is 11.4 Å². The van der Waals surface area contributed by atoms with Crippen LogP contribution in [0.5, 0.6) is 0 Å². The number of benzene rings is 2. The molecule has 4 rings (SSSR count). The van der Waals surface area contributed by atoms with Crippen molar-refractivity contribution in [3.63, 3.8) is 0 Å². The van der Waals surface area contributed by atoms with Gasteiger partial charge >= 0.3 is 0 Å². The highest BCUT2D eigenvalue weighted by atomic mass is 16.2. The zero-order valence-electron chi connectivity index (χ0n) is 15.2. The predicted molar refractivity (Wildman–Crippen MR) is 109 cm³/mol. The Morgan fingerprint density at radius 2 is 1.43 bits per heavy atom. The Bertz CT molecular complexity index is 1150. The molecule has 28 heavy (non-hydrogen) atoms. The summed E-state index contributed by atoms with van der Waals surface area (Å²) < 4.78 is 1.61. The van der Waals surface area contributed by atoms with Crippen LogP contribution in [0, 0.1) is 6.92 Å². The molecule has 0 spiro atoms. The Balaban J connectivity index is 1.67. The fourth-order valence-corrected chi connectivity index (χ4v) is 2.90. The average molecular weight is 370 g/mol. The molecule has 0 saturated heterocycles. The van der Waals surface area contributed by atoms with E-state index in [1.807, 2.05) is 49.4 Å². The van der Waals surface area contributed by atoms with Gasteiger partial charge in [0, 0.05) is 17.6 Å². The highest BCUT2D eigenvalue weighted by Crippen LogP contribution is 2.17. The molecule has 2 aromatic heterocycles. The lowest BCUT2D eigenvalue weighted by Gasteiger charge is -2.04. The number of rotatable bonds is 4. The van der Waals surface area contributed by atoms with Crippen molar-refractivity contribution in [2.24, 2.45) is 0 Å². The van der Waals surface area contributed by atoms with Crippen LogP contribution in [0.25, 0.3) is 5.52 Å². The lowest BCUT2D eigenvalue weighted by molar-refractivity contribution is 0.101. The molecule has 0 aliphatic heterocycles. The van der Waals surface area contributed by atoms with Gasteiger partial charge in [-0.1, -0.05) is 42.0 Å². The molecule has 6 nitrogen and oxygen atoms in total. The van der Waals surface area contributed by atoms with Gasteiger partial charge in [0.1, 0.15) is 0 Å². The molecule has 2 N–H and O–H groups in total. The molecule has 0 aliphatic carbocycles. The summed E-state index contributed by atoms with van der Waals surface area (Å²) in [5.74, 6) is -0.610. The molecular formula is C22H18N4O2. The van der Waals surface area contributed by atoms with Gasteiger partial charge < -0.3 is 10.6 Å². The normalized spacial score (nSPS) is 10.6. The molecule has 0 aliphatic rings. The van der Waals surface area contributed by atoms with E-state index in [0.29, 0.717) is 16.9 Å². The second-order valence-electron chi connectivity index (χ2n) is 6.38. The van der Waals surface area contributed by atoms with Crippen molar-refractivity contribution >= 4 is 28.7 Å². The van der Waals surface area contributed by atoms with E-state index in [1.165, 1.54) is 0 Å². The third kappa shape index (κ3) is 3.48. The fourth-order valence-electron chi connectivity index (χ4n) is 2.90. The topological polar surface area (TPSA) is 75.5 Å². The molecular weight excluding hydrogens is 352 g/mol. The number of fused-ring (bicyclic) bond motifs is 1. The summed E-state index contributed by atoms with van der Waals surface area (Å²) in [5.41, 5.74) is 3.18. The van der Waals surface area contributed by atoms with Crippen molar-refractivity contribution in [3.05, 3.63) is 96.1 Å². The third-order valence-electron chi connectivity index (χ3n) is 4.31. The maximum absolute atomic E-state index is 12.8. The van der Waals surface area contributed by atoms with Gasteiger partial charge in [0.05, 0.1) is 5.52 Å². The summed E-state index contributed by atoms with van der Waals surface area (Å²) >= 11 is 0. The third-order valence-corrected chi connectivity index (χ3v) is 4.31. The van der Waals surface area contributed by atoms with Crippen LogP contribution in [-0.2, 0) is 0 Å². The van der Waals surface area contributed by atoms with Gasteiger partial charge in [0.15, 0.2) is 5.69 Å². The summed E-state index contributed by atoms with van der Waals surface area (Å²) in [7, 11) is 0. The molecule has 0 saturated carbocycles. The molecule has 0 bridgehead atoms. The van der Waals surface area contributed by atoms with Crippen molar-refractivity contribution in [2.75, 3.05) is 10.6 Å². The van der Waals surface area contributed by atoms with E-state index in [1.54, 1.807) is 40.9 Å². The highest BCUT2D eigenvalue weighted by Gasteiger charge is 2.21. The maximum atomic E-state index is 12.8. The summed E-state index contributed by atoms with van der Waals surface area (Å²) in [4.78, 5) is 29.9. The largest absolute Gasteiger partial charge is 0.321 e. The summed E-state index contributed by atoms with van der Waals surface area (Å²) in [6, 6.07) is 22.0. The fraction of sp³-hybridized carbons (Fsp3) is 0.0455. The number of para-hydroxylation sites is 1. The minimum absolute atomic E-state index is 0.147. The van der Waals surface area contributed by atoms with E-state index in [9.17, 15) is 9.59 Å². The SMILES string of the molecule is Cc1ccc(NC(=O)c2nc(C(=O)Nc3ccccc3)n3ccccc23)cc1. The van der Waals surface area contributed by atoms with Crippen molar-refractivity contribution in [3.8, 4) is 0 Å². The molecule has 0 unspecified atom stereocenters. The molecule has 0 atom stereocenters. The first kappa shape index (κ1) is 17.5. The summed E-state index contributed by atoms with van der Waals surface area (Å²) in [6.07, 6.45) is 1.71. The molecule has 138 valence electrons. The van der Waals surface area contributed by atoms with E-state index in [2.05, 4.69) is 15.6 Å². The van der Waals surface area contributed by atoms with Crippen LogP contribution >= 0.6 is 0 Å². The monoisotopic (exact) mass is 370 g/mol. The molecule has 4 aromatic rings.